The van der Waals surface area contributed by atoms with Gasteiger partial charge in [-0.15, -0.1) is 11.3 Å². The third-order valence-electron chi connectivity index (χ3n) is 2.72. The molecule has 0 unspecified atom stereocenters. The van der Waals surface area contributed by atoms with Crippen LogP contribution in [0, 0.1) is 6.92 Å². The number of rotatable bonds is 3. The van der Waals surface area contributed by atoms with E-state index >= 15 is 0 Å². The smallest absolute Gasteiger partial charge is 0.232 e. The number of nitrogens with zero attached hydrogens (tertiary/aromatic N) is 2. The SMILES string of the molecule is CNc1nc(Oc2cccc(C)c2)c2ccsc2n1. The van der Waals surface area contributed by atoms with Crippen LogP contribution in [-0.4, -0.2) is 17.0 Å². The standard InChI is InChI=1S/C14H13N3OS/c1-9-4-3-5-10(8-9)18-12-11-6-7-19-13(11)17-14(15-2)16-12/h3-8H,1-2H3,(H,15,16,17). The summed E-state index contributed by atoms with van der Waals surface area (Å²) in [4.78, 5) is 9.69. The number of nitrogens with one attached hydrogen (secondary N) is 1. The van der Waals surface area contributed by atoms with Crippen LogP contribution in [-0.2, 0) is 0 Å². The molecule has 0 saturated carbocycles. The van der Waals surface area contributed by atoms with Gasteiger partial charge in [-0.25, -0.2) is 4.98 Å². The summed E-state index contributed by atoms with van der Waals surface area (Å²) in [6, 6.07) is 9.89. The average Bonchev–Trinajstić information content (AvgIpc) is 2.87. The minimum atomic E-state index is 0.567. The number of aryl methyl sites for hydroxylation is 1. The molecule has 0 bridgehead atoms. The Balaban J connectivity index is 2.06. The third-order valence-corrected chi connectivity index (χ3v) is 3.52. The minimum absolute atomic E-state index is 0.567. The van der Waals surface area contributed by atoms with Gasteiger partial charge in [-0.1, -0.05) is 12.1 Å². The number of hydrogen-bond donors (Lipinski definition) is 1. The highest BCUT2D eigenvalue weighted by atomic mass is 32.1. The van der Waals surface area contributed by atoms with E-state index in [0.717, 1.165) is 21.5 Å². The Hall–Kier alpha value is -2.14. The maximum atomic E-state index is 5.89. The van der Waals surface area contributed by atoms with Crippen molar-refractivity contribution in [2.75, 3.05) is 12.4 Å². The molecule has 0 amide bonds. The van der Waals surface area contributed by atoms with Crippen molar-refractivity contribution < 1.29 is 4.74 Å². The summed E-state index contributed by atoms with van der Waals surface area (Å²) in [5.41, 5.74) is 1.15. The monoisotopic (exact) mass is 271 g/mol. The molecule has 1 aromatic carbocycles. The largest absolute Gasteiger partial charge is 0.438 e. The van der Waals surface area contributed by atoms with Gasteiger partial charge >= 0.3 is 0 Å². The molecule has 1 N–H and O–H groups in total. The van der Waals surface area contributed by atoms with Crippen molar-refractivity contribution in [3.8, 4) is 11.6 Å². The van der Waals surface area contributed by atoms with Crippen LogP contribution in [0.2, 0.25) is 0 Å². The van der Waals surface area contributed by atoms with Crippen molar-refractivity contribution in [3.05, 3.63) is 41.3 Å². The number of fused-ring (bicyclic) bond motifs is 1. The zero-order chi connectivity index (χ0) is 13.2. The second-order valence-corrected chi connectivity index (χ2v) is 5.05. The fourth-order valence-electron chi connectivity index (χ4n) is 1.81. The fourth-order valence-corrected chi connectivity index (χ4v) is 2.56. The number of anilines is 1. The Morgan fingerprint density at radius 2 is 2.11 bits per heavy atom. The van der Waals surface area contributed by atoms with Crippen molar-refractivity contribution in [1.82, 2.24) is 9.97 Å². The molecule has 0 spiro atoms. The van der Waals surface area contributed by atoms with Crippen molar-refractivity contribution in [2.24, 2.45) is 0 Å². The molecule has 0 aliphatic heterocycles. The van der Waals surface area contributed by atoms with Crippen LogP contribution in [0.5, 0.6) is 11.6 Å². The number of ether oxygens (including phenoxy) is 1. The normalized spacial score (nSPS) is 10.6. The Kier molecular flexibility index (Phi) is 3.05. The minimum Gasteiger partial charge on any atom is -0.438 e. The Morgan fingerprint density at radius 1 is 1.21 bits per heavy atom. The number of aromatic nitrogens is 2. The summed E-state index contributed by atoms with van der Waals surface area (Å²) in [7, 11) is 1.80. The molecule has 3 aromatic rings. The Bertz CT molecular complexity index is 724. The van der Waals surface area contributed by atoms with Gasteiger partial charge in [-0.05, 0) is 36.1 Å². The third kappa shape index (κ3) is 2.37. The predicted octanol–water partition coefficient (Wildman–Crippen LogP) is 3.83. The van der Waals surface area contributed by atoms with Gasteiger partial charge in [0.2, 0.25) is 11.8 Å². The maximum Gasteiger partial charge on any atom is 0.232 e. The van der Waals surface area contributed by atoms with E-state index in [9.17, 15) is 0 Å². The van der Waals surface area contributed by atoms with E-state index in [1.165, 1.54) is 0 Å². The molecule has 0 saturated heterocycles. The summed E-state index contributed by atoms with van der Waals surface area (Å²) in [5.74, 6) is 1.94. The van der Waals surface area contributed by atoms with Gasteiger partial charge in [0.25, 0.3) is 0 Å². The van der Waals surface area contributed by atoms with Crippen LogP contribution in [0.4, 0.5) is 5.95 Å². The first-order chi connectivity index (χ1) is 9.26. The van der Waals surface area contributed by atoms with Crippen LogP contribution in [0.3, 0.4) is 0 Å². The quantitative estimate of drug-likeness (QED) is 0.786. The molecular weight excluding hydrogens is 258 g/mol. The number of hydrogen-bond acceptors (Lipinski definition) is 5. The second kappa shape index (κ2) is 4.85. The molecule has 19 heavy (non-hydrogen) atoms. The summed E-state index contributed by atoms with van der Waals surface area (Å²) in [5, 5.41) is 5.87. The number of benzene rings is 1. The molecule has 0 radical (unpaired) electrons. The molecule has 5 heteroatoms. The van der Waals surface area contributed by atoms with E-state index < -0.39 is 0 Å². The molecule has 2 aromatic heterocycles. The van der Waals surface area contributed by atoms with Crippen molar-refractivity contribution in [2.45, 2.75) is 6.92 Å². The molecule has 3 rings (SSSR count). The van der Waals surface area contributed by atoms with Gasteiger partial charge in [-0.2, -0.15) is 4.98 Å². The van der Waals surface area contributed by atoms with Crippen LogP contribution < -0.4 is 10.1 Å². The zero-order valence-corrected chi connectivity index (χ0v) is 11.5. The highest BCUT2D eigenvalue weighted by Gasteiger charge is 2.10. The van der Waals surface area contributed by atoms with E-state index in [-0.39, 0.29) is 0 Å². The van der Waals surface area contributed by atoms with Gasteiger partial charge in [0.1, 0.15) is 10.6 Å². The van der Waals surface area contributed by atoms with Crippen molar-refractivity contribution in [3.63, 3.8) is 0 Å². The number of thiophene rings is 1. The highest BCUT2D eigenvalue weighted by Crippen LogP contribution is 2.31. The lowest BCUT2D eigenvalue weighted by Gasteiger charge is -2.08. The first-order valence-corrected chi connectivity index (χ1v) is 6.82. The lowest BCUT2D eigenvalue weighted by molar-refractivity contribution is 0.469. The van der Waals surface area contributed by atoms with E-state index in [0.29, 0.717) is 11.8 Å². The van der Waals surface area contributed by atoms with Crippen LogP contribution >= 0.6 is 11.3 Å². The highest BCUT2D eigenvalue weighted by molar-refractivity contribution is 7.16. The second-order valence-electron chi connectivity index (χ2n) is 4.16. The van der Waals surface area contributed by atoms with Gasteiger partial charge in [-0.3, -0.25) is 0 Å². The van der Waals surface area contributed by atoms with E-state index in [1.54, 1.807) is 18.4 Å². The maximum absolute atomic E-state index is 5.89. The lowest BCUT2D eigenvalue weighted by atomic mass is 10.2. The average molecular weight is 271 g/mol. The van der Waals surface area contributed by atoms with Gasteiger partial charge in [0.15, 0.2) is 0 Å². The Morgan fingerprint density at radius 3 is 2.89 bits per heavy atom. The van der Waals surface area contributed by atoms with E-state index in [2.05, 4.69) is 15.3 Å². The van der Waals surface area contributed by atoms with Crippen molar-refractivity contribution in [1.29, 1.82) is 0 Å². The molecule has 4 nitrogen and oxygen atoms in total. The van der Waals surface area contributed by atoms with Crippen LogP contribution in [0.25, 0.3) is 10.2 Å². The first kappa shape index (κ1) is 11.9. The molecule has 0 aliphatic rings. The van der Waals surface area contributed by atoms with E-state index in [4.69, 9.17) is 4.74 Å². The molecule has 0 fully saturated rings. The molecule has 2 heterocycles. The van der Waals surface area contributed by atoms with Crippen LogP contribution in [0.1, 0.15) is 5.56 Å². The summed E-state index contributed by atoms with van der Waals surface area (Å²) in [6.45, 7) is 2.03. The Labute approximate surface area is 115 Å². The summed E-state index contributed by atoms with van der Waals surface area (Å²) in [6.07, 6.45) is 0. The predicted molar refractivity (Wildman–Crippen MR) is 78.2 cm³/mol. The first-order valence-electron chi connectivity index (χ1n) is 5.94. The molecule has 96 valence electrons. The fraction of sp³-hybridized carbons (Fsp3) is 0.143. The van der Waals surface area contributed by atoms with E-state index in [1.807, 2.05) is 42.6 Å². The van der Waals surface area contributed by atoms with Crippen molar-refractivity contribution >= 4 is 27.5 Å². The van der Waals surface area contributed by atoms with Gasteiger partial charge < -0.3 is 10.1 Å². The van der Waals surface area contributed by atoms with Gasteiger partial charge in [0.05, 0.1) is 5.39 Å². The molecular formula is C14H13N3OS. The molecule has 0 atom stereocenters. The zero-order valence-electron chi connectivity index (χ0n) is 10.7. The van der Waals surface area contributed by atoms with Crippen LogP contribution in [0.15, 0.2) is 35.7 Å². The summed E-state index contributed by atoms with van der Waals surface area (Å²) >= 11 is 1.57. The van der Waals surface area contributed by atoms with Gasteiger partial charge in [0, 0.05) is 7.05 Å². The lowest BCUT2D eigenvalue weighted by Crippen LogP contribution is -1.98. The topological polar surface area (TPSA) is 47.0 Å². The molecule has 0 aliphatic carbocycles. The summed E-state index contributed by atoms with van der Waals surface area (Å²) < 4.78 is 5.89.